The smallest absolute Gasteiger partial charge is 0.387 e. The van der Waals surface area contributed by atoms with Gasteiger partial charge in [0.15, 0.2) is 11.6 Å². The van der Waals surface area contributed by atoms with E-state index in [4.69, 9.17) is 5.73 Å². The molecule has 0 aliphatic rings. The van der Waals surface area contributed by atoms with E-state index in [1.807, 2.05) is 36.5 Å². The highest BCUT2D eigenvalue weighted by Crippen LogP contribution is 2.34. The van der Waals surface area contributed by atoms with E-state index in [0.717, 1.165) is 11.1 Å². The van der Waals surface area contributed by atoms with Crippen molar-refractivity contribution in [1.29, 1.82) is 0 Å². The molecule has 0 saturated heterocycles. The highest BCUT2D eigenvalue weighted by Gasteiger charge is 2.19. The maximum absolute atomic E-state index is 12.5. The van der Waals surface area contributed by atoms with Gasteiger partial charge in [0.25, 0.3) is 0 Å². The lowest BCUT2D eigenvalue weighted by Crippen LogP contribution is -2.06. The summed E-state index contributed by atoms with van der Waals surface area (Å²) in [6.07, 6.45) is 3.15. The van der Waals surface area contributed by atoms with Crippen molar-refractivity contribution >= 4 is 16.9 Å². The number of halogens is 2. The Morgan fingerprint density at radius 3 is 2.63 bits per heavy atom. The molecule has 136 valence electrons. The van der Waals surface area contributed by atoms with Crippen LogP contribution >= 0.6 is 0 Å². The van der Waals surface area contributed by atoms with Gasteiger partial charge in [0.1, 0.15) is 23.2 Å². The van der Waals surface area contributed by atoms with Gasteiger partial charge in [0.05, 0.1) is 5.52 Å². The number of pyridine rings is 1. The van der Waals surface area contributed by atoms with Crippen molar-refractivity contribution in [1.82, 2.24) is 24.7 Å². The Morgan fingerprint density at radius 1 is 1.11 bits per heavy atom. The number of fused-ring (bicyclic) bond motifs is 1. The molecule has 9 heteroatoms. The number of nitrogens with zero attached hydrogens (tertiary/aromatic N) is 5. The van der Waals surface area contributed by atoms with Gasteiger partial charge in [0.2, 0.25) is 0 Å². The fraction of sp³-hybridized carbons (Fsp3) is 0.111. The minimum atomic E-state index is -3.00. The first kappa shape index (κ1) is 16.8. The highest BCUT2D eigenvalue weighted by atomic mass is 19.3. The molecule has 0 saturated carbocycles. The molecule has 3 heterocycles. The van der Waals surface area contributed by atoms with Crippen molar-refractivity contribution in [3.05, 3.63) is 48.9 Å². The van der Waals surface area contributed by atoms with Gasteiger partial charge in [0, 0.05) is 30.4 Å². The number of alkyl halides is 2. The van der Waals surface area contributed by atoms with E-state index < -0.39 is 6.61 Å². The molecule has 3 aromatic heterocycles. The van der Waals surface area contributed by atoms with Crippen LogP contribution in [-0.4, -0.2) is 31.3 Å². The molecule has 27 heavy (non-hydrogen) atoms. The summed E-state index contributed by atoms with van der Waals surface area (Å²) >= 11 is 0. The Bertz CT molecular complexity index is 1110. The topological polar surface area (TPSA) is 91.7 Å². The number of nitrogens with two attached hydrogens (primary N) is 1. The van der Waals surface area contributed by atoms with Gasteiger partial charge in [-0.2, -0.15) is 13.9 Å². The van der Waals surface area contributed by atoms with Crippen LogP contribution in [0.25, 0.3) is 33.5 Å². The Morgan fingerprint density at radius 2 is 1.89 bits per heavy atom. The predicted octanol–water partition coefficient (Wildman–Crippen LogP) is 3.28. The Balaban J connectivity index is 1.92. The van der Waals surface area contributed by atoms with E-state index in [0.29, 0.717) is 22.4 Å². The van der Waals surface area contributed by atoms with Crippen LogP contribution in [0.1, 0.15) is 0 Å². The molecule has 0 unspecified atom stereocenters. The molecule has 0 radical (unpaired) electrons. The molecule has 0 bridgehead atoms. The molecule has 0 spiro atoms. The van der Waals surface area contributed by atoms with Crippen LogP contribution < -0.4 is 10.5 Å². The van der Waals surface area contributed by atoms with Crippen LogP contribution in [0, 0.1) is 0 Å². The van der Waals surface area contributed by atoms with E-state index in [9.17, 15) is 8.78 Å². The number of anilines is 1. The van der Waals surface area contributed by atoms with Crippen LogP contribution in [0.3, 0.4) is 0 Å². The van der Waals surface area contributed by atoms with E-state index in [1.54, 1.807) is 11.7 Å². The standard InChI is InChI=1S/C18H14F2N6O/c1-26-8-11(14(25-26)10-5-3-2-4-6-10)15-16-12(22-9-23-15)7-13(17(21)24-16)27-18(19)20/h2-9,18H,1H3,(H2,21,24). The first-order valence-corrected chi connectivity index (χ1v) is 7.98. The third kappa shape index (κ3) is 3.14. The van der Waals surface area contributed by atoms with Gasteiger partial charge in [-0.15, -0.1) is 0 Å². The molecule has 4 aromatic rings. The molecule has 0 amide bonds. The SMILES string of the molecule is Cn1cc(-c2ncnc3cc(OC(F)F)c(N)nc23)c(-c2ccccc2)n1. The third-order valence-corrected chi connectivity index (χ3v) is 3.95. The van der Waals surface area contributed by atoms with Crippen molar-refractivity contribution < 1.29 is 13.5 Å². The zero-order chi connectivity index (χ0) is 19.0. The number of aromatic nitrogens is 5. The van der Waals surface area contributed by atoms with Crippen LogP contribution in [0.15, 0.2) is 48.9 Å². The summed E-state index contributed by atoms with van der Waals surface area (Å²) in [5.74, 6) is -0.388. The first-order chi connectivity index (χ1) is 13.0. The van der Waals surface area contributed by atoms with Crippen molar-refractivity contribution in [2.45, 2.75) is 6.61 Å². The molecule has 1 aromatic carbocycles. The van der Waals surface area contributed by atoms with Gasteiger partial charge in [-0.25, -0.2) is 15.0 Å². The number of rotatable bonds is 4. The summed E-state index contributed by atoms with van der Waals surface area (Å²) in [6, 6.07) is 10.9. The van der Waals surface area contributed by atoms with Crippen LogP contribution in [0.2, 0.25) is 0 Å². The summed E-state index contributed by atoms with van der Waals surface area (Å²) in [7, 11) is 1.80. The Hall–Kier alpha value is -3.62. The Labute approximate surface area is 152 Å². The van der Waals surface area contributed by atoms with E-state index in [1.165, 1.54) is 12.4 Å². The summed E-state index contributed by atoms with van der Waals surface area (Å²) in [5, 5.41) is 4.52. The van der Waals surface area contributed by atoms with Crippen molar-refractivity contribution in [2.75, 3.05) is 5.73 Å². The number of hydrogen-bond donors (Lipinski definition) is 1. The zero-order valence-electron chi connectivity index (χ0n) is 14.2. The molecule has 0 aliphatic heterocycles. The quantitative estimate of drug-likeness (QED) is 0.594. The maximum atomic E-state index is 12.5. The van der Waals surface area contributed by atoms with Crippen LogP contribution in [-0.2, 0) is 7.05 Å². The van der Waals surface area contributed by atoms with Gasteiger partial charge in [-0.3, -0.25) is 4.68 Å². The second kappa shape index (κ2) is 6.60. The lowest BCUT2D eigenvalue weighted by atomic mass is 10.0. The molecule has 4 rings (SSSR count). The van der Waals surface area contributed by atoms with Crippen molar-refractivity contribution in [3.63, 3.8) is 0 Å². The minimum absolute atomic E-state index is 0.163. The molecule has 7 nitrogen and oxygen atoms in total. The second-order valence-corrected chi connectivity index (χ2v) is 5.77. The first-order valence-electron chi connectivity index (χ1n) is 7.98. The largest absolute Gasteiger partial charge is 0.431 e. The summed E-state index contributed by atoms with van der Waals surface area (Å²) in [4.78, 5) is 12.6. The molecular formula is C18H14F2N6O. The fourth-order valence-electron chi connectivity index (χ4n) is 2.84. The van der Waals surface area contributed by atoms with Gasteiger partial charge < -0.3 is 10.5 Å². The van der Waals surface area contributed by atoms with E-state index in [2.05, 4.69) is 24.8 Å². The average Bonchev–Trinajstić information content (AvgIpc) is 3.04. The van der Waals surface area contributed by atoms with Crippen molar-refractivity contribution in [3.8, 4) is 28.3 Å². The van der Waals surface area contributed by atoms with E-state index >= 15 is 0 Å². The van der Waals surface area contributed by atoms with Gasteiger partial charge >= 0.3 is 6.61 Å². The average molecular weight is 368 g/mol. The van der Waals surface area contributed by atoms with Crippen molar-refractivity contribution in [2.24, 2.45) is 7.05 Å². The number of hydrogen-bond acceptors (Lipinski definition) is 6. The van der Waals surface area contributed by atoms with E-state index in [-0.39, 0.29) is 11.6 Å². The molecular weight excluding hydrogens is 354 g/mol. The predicted molar refractivity (Wildman–Crippen MR) is 96.0 cm³/mol. The number of ether oxygens (including phenoxy) is 1. The molecule has 0 fully saturated rings. The minimum Gasteiger partial charge on any atom is -0.431 e. The monoisotopic (exact) mass is 368 g/mol. The molecule has 0 atom stereocenters. The summed E-state index contributed by atoms with van der Waals surface area (Å²) < 4.78 is 31.1. The Kier molecular flexibility index (Phi) is 4.11. The molecule has 2 N–H and O–H groups in total. The fourth-order valence-corrected chi connectivity index (χ4v) is 2.84. The second-order valence-electron chi connectivity index (χ2n) is 5.77. The zero-order valence-corrected chi connectivity index (χ0v) is 14.2. The number of benzene rings is 1. The normalized spacial score (nSPS) is 11.3. The van der Waals surface area contributed by atoms with Gasteiger partial charge in [-0.05, 0) is 0 Å². The third-order valence-electron chi connectivity index (χ3n) is 3.95. The lowest BCUT2D eigenvalue weighted by molar-refractivity contribution is -0.0494. The number of nitrogen functional groups attached to an aromatic ring is 1. The molecule has 0 aliphatic carbocycles. The van der Waals surface area contributed by atoms with Crippen LogP contribution in [0.5, 0.6) is 5.75 Å². The summed E-state index contributed by atoms with van der Waals surface area (Å²) in [6.45, 7) is -3.00. The summed E-state index contributed by atoms with van der Waals surface area (Å²) in [5.41, 5.74) is 9.36. The van der Waals surface area contributed by atoms with Gasteiger partial charge in [-0.1, -0.05) is 30.3 Å². The lowest BCUT2D eigenvalue weighted by Gasteiger charge is -2.10. The van der Waals surface area contributed by atoms with Crippen LogP contribution in [0.4, 0.5) is 14.6 Å². The highest BCUT2D eigenvalue weighted by molar-refractivity contribution is 5.94. The number of aryl methyl sites for hydroxylation is 1. The maximum Gasteiger partial charge on any atom is 0.387 e.